The standard InChI is InChI=1S/C21H25N3O4S2/c1-14-7-8-18-16(11-14)13-19(29-18)21(26)23-22-20(25)15-5-4-6-17(12-15)30(27,28)24-9-2-3-10-24/h4-6,12-14H,2-3,7-11H2,1H3,(H,22,25)(H,23,26). The molecule has 160 valence electrons. The molecule has 1 aliphatic heterocycles. The molecule has 1 unspecified atom stereocenters. The number of hydrogen-bond donors (Lipinski definition) is 2. The van der Waals surface area contributed by atoms with E-state index in [4.69, 9.17) is 0 Å². The number of sulfonamides is 1. The molecule has 1 saturated heterocycles. The van der Waals surface area contributed by atoms with E-state index in [1.807, 2.05) is 6.07 Å². The van der Waals surface area contributed by atoms with Gasteiger partial charge < -0.3 is 0 Å². The number of carbonyl (C=O) groups is 2. The van der Waals surface area contributed by atoms with Crippen molar-refractivity contribution < 1.29 is 18.0 Å². The summed E-state index contributed by atoms with van der Waals surface area (Å²) < 4.78 is 26.8. The first kappa shape index (κ1) is 21.0. The van der Waals surface area contributed by atoms with Gasteiger partial charge in [0.25, 0.3) is 11.8 Å². The van der Waals surface area contributed by atoms with Crippen LogP contribution in [0.4, 0.5) is 0 Å². The van der Waals surface area contributed by atoms with E-state index in [9.17, 15) is 18.0 Å². The topological polar surface area (TPSA) is 95.6 Å². The Balaban J connectivity index is 1.41. The van der Waals surface area contributed by atoms with E-state index in [1.54, 1.807) is 0 Å². The highest BCUT2D eigenvalue weighted by Gasteiger charge is 2.27. The van der Waals surface area contributed by atoms with Gasteiger partial charge in [0, 0.05) is 23.5 Å². The average Bonchev–Trinajstić information content (AvgIpc) is 3.42. The molecule has 2 heterocycles. The molecule has 2 aliphatic rings. The van der Waals surface area contributed by atoms with Crippen molar-refractivity contribution in [1.29, 1.82) is 0 Å². The van der Waals surface area contributed by atoms with Crippen molar-refractivity contribution in [1.82, 2.24) is 15.2 Å². The molecular weight excluding hydrogens is 422 g/mol. The van der Waals surface area contributed by atoms with Crippen LogP contribution < -0.4 is 10.9 Å². The number of carbonyl (C=O) groups excluding carboxylic acids is 2. The fourth-order valence-electron chi connectivity index (χ4n) is 3.94. The van der Waals surface area contributed by atoms with Gasteiger partial charge in [-0.05, 0) is 67.9 Å². The third-order valence-electron chi connectivity index (χ3n) is 5.64. The SMILES string of the molecule is CC1CCc2sc(C(=O)NNC(=O)c3cccc(S(=O)(=O)N4CCCC4)c3)cc2C1. The molecule has 0 saturated carbocycles. The smallest absolute Gasteiger partial charge is 0.267 e. The van der Waals surface area contributed by atoms with Crippen molar-refractivity contribution in [3.63, 3.8) is 0 Å². The molecule has 1 atom stereocenters. The van der Waals surface area contributed by atoms with Gasteiger partial charge in [-0.15, -0.1) is 11.3 Å². The van der Waals surface area contributed by atoms with Gasteiger partial charge in [-0.1, -0.05) is 13.0 Å². The van der Waals surface area contributed by atoms with Crippen LogP contribution in [0.15, 0.2) is 35.2 Å². The quantitative estimate of drug-likeness (QED) is 0.705. The van der Waals surface area contributed by atoms with Crippen LogP contribution in [-0.4, -0.2) is 37.6 Å². The van der Waals surface area contributed by atoms with E-state index in [-0.39, 0.29) is 16.4 Å². The van der Waals surface area contributed by atoms with Crippen molar-refractivity contribution in [2.75, 3.05) is 13.1 Å². The number of nitrogens with one attached hydrogen (secondary N) is 2. The van der Waals surface area contributed by atoms with Gasteiger partial charge in [-0.3, -0.25) is 20.4 Å². The number of fused-ring (bicyclic) bond motifs is 1. The third kappa shape index (κ3) is 4.28. The van der Waals surface area contributed by atoms with Crippen molar-refractivity contribution in [2.24, 2.45) is 5.92 Å². The van der Waals surface area contributed by atoms with Gasteiger partial charge in [0.05, 0.1) is 9.77 Å². The second-order valence-electron chi connectivity index (χ2n) is 7.95. The maximum atomic E-state index is 12.7. The van der Waals surface area contributed by atoms with Gasteiger partial charge in [0.1, 0.15) is 0 Å². The molecule has 2 aromatic rings. The number of thiophene rings is 1. The molecular formula is C21H25N3O4S2. The molecule has 1 aromatic heterocycles. The number of benzene rings is 1. The van der Waals surface area contributed by atoms with E-state index in [1.165, 1.54) is 50.3 Å². The molecule has 7 nitrogen and oxygen atoms in total. The zero-order valence-corrected chi connectivity index (χ0v) is 18.4. The Morgan fingerprint density at radius 2 is 1.83 bits per heavy atom. The maximum absolute atomic E-state index is 12.7. The fraction of sp³-hybridized carbons (Fsp3) is 0.429. The van der Waals surface area contributed by atoms with E-state index in [2.05, 4.69) is 17.8 Å². The highest BCUT2D eigenvalue weighted by Crippen LogP contribution is 2.32. The van der Waals surface area contributed by atoms with Gasteiger partial charge in [0.15, 0.2) is 0 Å². The molecule has 9 heteroatoms. The van der Waals surface area contributed by atoms with Crippen molar-refractivity contribution in [3.8, 4) is 0 Å². The molecule has 1 aromatic carbocycles. The first-order valence-corrected chi connectivity index (χ1v) is 12.4. The van der Waals surface area contributed by atoms with Gasteiger partial charge in [-0.2, -0.15) is 4.31 Å². The highest BCUT2D eigenvalue weighted by molar-refractivity contribution is 7.89. The van der Waals surface area contributed by atoms with E-state index in [0.717, 1.165) is 32.1 Å². The molecule has 1 aliphatic carbocycles. The maximum Gasteiger partial charge on any atom is 0.279 e. The average molecular weight is 448 g/mol. The molecule has 30 heavy (non-hydrogen) atoms. The van der Waals surface area contributed by atoms with E-state index >= 15 is 0 Å². The monoisotopic (exact) mass is 447 g/mol. The Morgan fingerprint density at radius 1 is 1.10 bits per heavy atom. The summed E-state index contributed by atoms with van der Waals surface area (Å²) in [6.07, 6.45) is 4.78. The van der Waals surface area contributed by atoms with Crippen LogP contribution in [-0.2, 0) is 22.9 Å². The predicted octanol–water partition coefficient (Wildman–Crippen LogP) is 2.73. The Hall–Kier alpha value is -2.23. The third-order valence-corrected chi connectivity index (χ3v) is 8.77. The second kappa shape index (κ2) is 8.49. The number of amides is 2. The van der Waals surface area contributed by atoms with Crippen molar-refractivity contribution in [3.05, 3.63) is 51.2 Å². The zero-order chi connectivity index (χ0) is 21.3. The molecule has 4 rings (SSSR count). The Kier molecular flexibility index (Phi) is 5.95. The van der Waals surface area contributed by atoms with Gasteiger partial charge in [0.2, 0.25) is 10.0 Å². The Labute approximate surface area is 180 Å². The predicted molar refractivity (Wildman–Crippen MR) is 115 cm³/mol. The number of hydrazine groups is 1. The van der Waals surface area contributed by atoms with Gasteiger partial charge >= 0.3 is 0 Å². The molecule has 1 fully saturated rings. The summed E-state index contributed by atoms with van der Waals surface area (Å²) in [5, 5.41) is 0. The first-order chi connectivity index (χ1) is 14.3. The minimum atomic E-state index is -3.61. The minimum Gasteiger partial charge on any atom is -0.267 e. The number of rotatable bonds is 4. The minimum absolute atomic E-state index is 0.0865. The number of nitrogens with zero attached hydrogens (tertiary/aromatic N) is 1. The lowest BCUT2D eigenvalue weighted by molar-refractivity contribution is 0.0848. The molecule has 0 bridgehead atoms. The summed E-state index contributed by atoms with van der Waals surface area (Å²) in [5.74, 6) is -0.306. The first-order valence-electron chi connectivity index (χ1n) is 10.2. The second-order valence-corrected chi connectivity index (χ2v) is 11.0. The number of aryl methyl sites for hydroxylation is 1. The fourth-order valence-corrected chi connectivity index (χ4v) is 6.61. The van der Waals surface area contributed by atoms with Crippen LogP contribution in [0.2, 0.25) is 0 Å². The van der Waals surface area contributed by atoms with Crippen LogP contribution in [0.1, 0.15) is 56.7 Å². The van der Waals surface area contributed by atoms with Crippen LogP contribution in [0, 0.1) is 5.92 Å². The summed E-state index contributed by atoms with van der Waals surface area (Å²) in [6, 6.07) is 7.80. The van der Waals surface area contributed by atoms with E-state index < -0.39 is 15.9 Å². The summed E-state index contributed by atoms with van der Waals surface area (Å²) >= 11 is 1.46. The molecule has 0 radical (unpaired) electrons. The lowest BCUT2D eigenvalue weighted by Gasteiger charge is -2.16. The number of hydrogen-bond acceptors (Lipinski definition) is 5. The van der Waals surface area contributed by atoms with E-state index in [0.29, 0.717) is 23.9 Å². The summed E-state index contributed by atoms with van der Waals surface area (Å²) in [7, 11) is -3.61. The van der Waals surface area contributed by atoms with Crippen LogP contribution in [0.25, 0.3) is 0 Å². The lowest BCUT2D eigenvalue weighted by Crippen LogP contribution is -2.41. The molecule has 0 spiro atoms. The summed E-state index contributed by atoms with van der Waals surface area (Å²) in [6.45, 7) is 3.20. The molecule has 2 N–H and O–H groups in total. The summed E-state index contributed by atoms with van der Waals surface area (Å²) in [4.78, 5) is 26.8. The Bertz CT molecular complexity index is 1070. The largest absolute Gasteiger partial charge is 0.279 e. The van der Waals surface area contributed by atoms with Crippen LogP contribution in [0.5, 0.6) is 0 Å². The lowest BCUT2D eigenvalue weighted by atomic mass is 9.90. The van der Waals surface area contributed by atoms with Crippen molar-refractivity contribution >= 4 is 33.2 Å². The van der Waals surface area contributed by atoms with Crippen molar-refractivity contribution in [2.45, 2.75) is 43.9 Å². The highest BCUT2D eigenvalue weighted by atomic mass is 32.2. The normalized spacial score (nSPS) is 19.3. The zero-order valence-electron chi connectivity index (χ0n) is 16.8. The summed E-state index contributed by atoms with van der Waals surface area (Å²) in [5.41, 5.74) is 6.23. The van der Waals surface area contributed by atoms with Crippen LogP contribution in [0.3, 0.4) is 0 Å². The van der Waals surface area contributed by atoms with Gasteiger partial charge in [-0.25, -0.2) is 8.42 Å². The van der Waals surface area contributed by atoms with Crippen LogP contribution >= 0.6 is 11.3 Å². The molecule has 2 amide bonds. The Morgan fingerprint density at radius 3 is 2.60 bits per heavy atom.